The van der Waals surface area contributed by atoms with Gasteiger partial charge >= 0.3 is 25.7 Å². The number of phosphoric acid groups is 1. The van der Waals surface area contributed by atoms with Crippen LogP contribution in [0.25, 0.3) is 0 Å². The van der Waals surface area contributed by atoms with Crippen LogP contribution in [0.4, 0.5) is 0 Å². The Morgan fingerprint density at radius 1 is 0.395 bits per heavy atom. The monoisotopic (exact) mass is 1080 g/mol. The van der Waals surface area contributed by atoms with E-state index < -0.39 is 57.8 Å². The number of carbonyl (C=O) groups is 3. The third-order valence-electron chi connectivity index (χ3n) is 11.3. The lowest BCUT2D eigenvalue weighted by atomic mass is 10.1. The van der Waals surface area contributed by atoms with Crippen molar-refractivity contribution in [2.75, 3.05) is 26.4 Å². The van der Waals surface area contributed by atoms with E-state index in [9.17, 15) is 28.9 Å². The van der Waals surface area contributed by atoms with Gasteiger partial charge in [0.2, 0.25) is 0 Å². The predicted octanol–water partition coefficient (Wildman–Crippen LogP) is 17.1. The van der Waals surface area contributed by atoms with Gasteiger partial charge in [0.25, 0.3) is 0 Å². The first-order valence-corrected chi connectivity index (χ1v) is 30.2. The van der Waals surface area contributed by atoms with Crippen LogP contribution in [0.15, 0.2) is 146 Å². The average molecular weight is 1080 g/mol. The predicted molar refractivity (Wildman–Crippen MR) is 316 cm³/mol. The highest BCUT2D eigenvalue weighted by atomic mass is 31.2. The normalized spacial score (nSPS) is 14.4. The molecule has 0 bridgehead atoms. The summed E-state index contributed by atoms with van der Waals surface area (Å²) in [6.45, 7) is 4.20. The molecule has 0 rings (SSSR count). The fourth-order valence-electron chi connectivity index (χ4n) is 6.96. The highest BCUT2D eigenvalue weighted by Gasteiger charge is 2.28. The zero-order chi connectivity index (χ0) is 55.5. The molecule has 0 aliphatic heterocycles. The Kier molecular flexibility index (Phi) is 53.1. The van der Waals surface area contributed by atoms with Crippen LogP contribution < -0.4 is 0 Å². The third kappa shape index (κ3) is 54.2. The van der Waals surface area contributed by atoms with E-state index in [1.54, 1.807) is 6.08 Å². The lowest BCUT2D eigenvalue weighted by molar-refractivity contribution is -0.161. The number of rotatable bonds is 51. The summed E-state index contributed by atoms with van der Waals surface area (Å²) in [6, 6.07) is 0. The number of hydrogen-bond acceptors (Lipinski definition) is 10. The summed E-state index contributed by atoms with van der Waals surface area (Å²) in [7, 11) is -4.80. The third-order valence-corrected chi connectivity index (χ3v) is 12.2. The summed E-state index contributed by atoms with van der Waals surface area (Å²) in [5.41, 5.74) is 0. The Hall–Kier alpha value is -4.64. The Morgan fingerprint density at radius 3 is 1.17 bits per heavy atom. The van der Waals surface area contributed by atoms with E-state index in [1.807, 2.05) is 18.2 Å². The van der Waals surface area contributed by atoms with Crippen molar-refractivity contribution in [2.24, 2.45) is 0 Å². The quantitative estimate of drug-likeness (QED) is 0.0197. The summed E-state index contributed by atoms with van der Waals surface area (Å²) < 4.78 is 39.4. The largest absolute Gasteiger partial charge is 0.472 e. The molecule has 2 N–H and O–H groups in total. The second-order valence-corrected chi connectivity index (χ2v) is 19.8. The first kappa shape index (κ1) is 71.4. The number of carbonyl (C=O) groups excluding carboxylic acids is 3. The van der Waals surface area contributed by atoms with Crippen molar-refractivity contribution in [3.63, 3.8) is 0 Å². The van der Waals surface area contributed by atoms with Crippen molar-refractivity contribution < 1.29 is 52.2 Å². The molecule has 0 saturated carbocycles. The minimum absolute atomic E-state index is 0.0665. The maximum Gasteiger partial charge on any atom is 0.472 e. The topological polar surface area (TPSA) is 155 Å². The molecule has 428 valence electrons. The van der Waals surface area contributed by atoms with Gasteiger partial charge in [-0.15, -0.1) is 0 Å². The molecule has 0 amide bonds. The second-order valence-electron chi connectivity index (χ2n) is 18.3. The van der Waals surface area contributed by atoms with Crippen LogP contribution in [0.2, 0.25) is 0 Å². The number of hydrogen-bond donors (Lipinski definition) is 2. The molecule has 0 aromatic carbocycles. The number of esters is 3. The molecule has 0 saturated heterocycles. The molecule has 76 heavy (non-hydrogen) atoms. The van der Waals surface area contributed by atoms with Gasteiger partial charge in [0.1, 0.15) is 12.7 Å². The molecule has 0 heterocycles. The van der Waals surface area contributed by atoms with Crippen molar-refractivity contribution in [3.8, 4) is 0 Å². The Balaban J connectivity index is 4.92. The first-order chi connectivity index (χ1) is 37.2. The van der Waals surface area contributed by atoms with E-state index in [0.29, 0.717) is 19.3 Å². The fraction of sp³-hybridized carbons (Fsp3) is 0.578. The van der Waals surface area contributed by atoms with Gasteiger partial charge in [-0.2, -0.15) is 0 Å². The highest BCUT2D eigenvalue weighted by Crippen LogP contribution is 2.43. The van der Waals surface area contributed by atoms with Gasteiger partial charge in [0, 0.05) is 12.8 Å². The summed E-state index contributed by atoms with van der Waals surface area (Å²) in [6.07, 6.45) is 72.6. The van der Waals surface area contributed by atoms with Crippen LogP contribution in [0.5, 0.6) is 0 Å². The molecule has 0 fully saturated rings. The van der Waals surface area contributed by atoms with Gasteiger partial charge < -0.3 is 24.2 Å². The average Bonchev–Trinajstić information content (AvgIpc) is 3.41. The maximum absolute atomic E-state index is 12.9. The van der Waals surface area contributed by atoms with E-state index in [4.69, 9.17) is 23.3 Å². The van der Waals surface area contributed by atoms with Crippen LogP contribution in [-0.4, -0.2) is 66.5 Å². The number of aliphatic hydroxyl groups is 1. The molecule has 3 unspecified atom stereocenters. The minimum Gasteiger partial charge on any atom is -0.462 e. The van der Waals surface area contributed by atoms with Crippen LogP contribution in [0, 0.1) is 0 Å². The molecule has 0 aromatic heterocycles. The molecule has 3 atom stereocenters. The van der Waals surface area contributed by atoms with Gasteiger partial charge in [-0.05, 0) is 122 Å². The molecule has 12 heteroatoms. The molecule has 0 spiro atoms. The number of allylic oxidation sites excluding steroid dienone is 23. The molecule has 0 aliphatic rings. The Morgan fingerprint density at radius 2 is 0.737 bits per heavy atom. The van der Waals surface area contributed by atoms with Gasteiger partial charge in [0.05, 0.1) is 26.2 Å². The van der Waals surface area contributed by atoms with Crippen LogP contribution in [0.1, 0.15) is 201 Å². The summed E-state index contributed by atoms with van der Waals surface area (Å²) in [5.74, 6) is -1.68. The second kappa shape index (κ2) is 56.6. The number of ether oxygens (including phenoxy) is 3. The van der Waals surface area contributed by atoms with Crippen LogP contribution in [0.3, 0.4) is 0 Å². The van der Waals surface area contributed by atoms with Gasteiger partial charge in [-0.3, -0.25) is 23.4 Å². The van der Waals surface area contributed by atoms with Crippen molar-refractivity contribution in [3.05, 3.63) is 146 Å². The standard InChI is InChI=1S/C64H101O11P/c1-4-7-10-13-16-19-22-25-28-29-30-31-34-37-40-43-46-49-52-55-64(68)75-61(57-71-62(66)53-50-47-44-41-38-35-32-26-23-20-17-14-11-8-5-2)59-73-76(69,70)72-58-60(56-65)74-63(67)54-51-48-45-42-39-36-33-27-24-21-18-15-12-9-6-3/h7,9-10,12,16-21,25-28,30-33,37,39-40,42,48,51,60-61,65H,4-6,8,11,13-15,22-24,29,34-36,38,41,43-47,49-50,52-59H2,1-3H3,(H,69,70)/b10-7-,12-9-,19-16-,20-17-,21-18-,28-25-,31-30-,32-26-,33-27-,40-37-,42-39-,51-48-. The summed E-state index contributed by atoms with van der Waals surface area (Å²) >= 11 is 0. The minimum atomic E-state index is -4.80. The number of aliphatic hydroxyl groups excluding tert-OH is 1. The molecule has 11 nitrogen and oxygen atoms in total. The van der Waals surface area contributed by atoms with Gasteiger partial charge in [-0.25, -0.2) is 4.57 Å². The lowest BCUT2D eigenvalue weighted by Gasteiger charge is -2.21. The van der Waals surface area contributed by atoms with E-state index in [1.165, 1.54) is 19.3 Å². The van der Waals surface area contributed by atoms with Crippen LogP contribution in [-0.2, 0) is 42.2 Å². The number of phosphoric ester groups is 1. The van der Waals surface area contributed by atoms with Crippen molar-refractivity contribution in [1.82, 2.24) is 0 Å². The van der Waals surface area contributed by atoms with E-state index in [-0.39, 0.29) is 25.9 Å². The Bertz CT molecular complexity index is 1830. The zero-order valence-electron chi connectivity index (χ0n) is 47.2. The van der Waals surface area contributed by atoms with Gasteiger partial charge in [0.15, 0.2) is 6.10 Å². The fourth-order valence-corrected chi connectivity index (χ4v) is 7.74. The zero-order valence-corrected chi connectivity index (χ0v) is 48.0. The highest BCUT2D eigenvalue weighted by molar-refractivity contribution is 7.47. The maximum atomic E-state index is 12.9. The molecule has 0 radical (unpaired) electrons. The SMILES string of the molecule is CC/C=C\C/C=C\C/C=C\C/C=C\C/C=C\CCCCCC(=O)OC(COC(=O)CCCCCCC/C=C\C/C=C\CCCCC)COP(=O)(O)OCC(CO)OC(=O)C/C=C\C/C=C\C/C=C\C/C=C\C/C=C\CC. The Labute approximate surface area is 461 Å². The van der Waals surface area contributed by atoms with Crippen molar-refractivity contribution in [2.45, 2.75) is 213 Å². The van der Waals surface area contributed by atoms with Crippen molar-refractivity contribution >= 4 is 25.7 Å². The summed E-state index contributed by atoms with van der Waals surface area (Å²) in [4.78, 5) is 48.5. The van der Waals surface area contributed by atoms with Crippen molar-refractivity contribution in [1.29, 1.82) is 0 Å². The summed E-state index contributed by atoms with van der Waals surface area (Å²) in [5, 5.41) is 9.79. The first-order valence-electron chi connectivity index (χ1n) is 28.7. The van der Waals surface area contributed by atoms with Crippen LogP contribution >= 0.6 is 7.82 Å². The van der Waals surface area contributed by atoms with E-state index in [0.717, 1.165) is 122 Å². The smallest absolute Gasteiger partial charge is 0.462 e. The molecular formula is C64H101O11P. The number of unbranched alkanes of at least 4 members (excludes halogenated alkanes) is 11. The van der Waals surface area contributed by atoms with E-state index >= 15 is 0 Å². The molecule has 0 aromatic rings. The molecular weight excluding hydrogens is 976 g/mol. The van der Waals surface area contributed by atoms with Gasteiger partial charge in [-0.1, -0.05) is 205 Å². The molecule has 0 aliphatic carbocycles. The lowest BCUT2D eigenvalue weighted by Crippen LogP contribution is -2.30. The van der Waals surface area contributed by atoms with E-state index in [2.05, 4.69) is 142 Å².